The summed E-state index contributed by atoms with van der Waals surface area (Å²) in [5.74, 6) is -0.949. The molecule has 14 heteroatoms. The molecular weight excluding hydrogens is 625 g/mol. The van der Waals surface area contributed by atoms with Crippen LogP contribution in [0.3, 0.4) is 0 Å². The zero-order chi connectivity index (χ0) is 30.8. The summed E-state index contributed by atoms with van der Waals surface area (Å²) < 4.78 is 63.2. The molecule has 1 aliphatic heterocycles. The summed E-state index contributed by atoms with van der Waals surface area (Å²) in [7, 11) is -6.66. The Kier molecular flexibility index (Phi) is 9.75. The van der Waals surface area contributed by atoms with Gasteiger partial charge in [0.05, 0.1) is 40.2 Å². The van der Waals surface area contributed by atoms with Gasteiger partial charge in [0.15, 0.2) is 5.75 Å². The second-order valence-electron chi connectivity index (χ2n) is 10.1. The van der Waals surface area contributed by atoms with Gasteiger partial charge in [-0.15, -0.1) is 0 Å². The molecule has 226 valence electrons. The molecule has 0 aromatic heterocycles. The van der Waals surface area contributed by atoms with Gasteiger partial charge in [0, 0.05) is 29.6 Å². The molecule has 0 saturated heterocycles. The fourth-order valence-corrected chi connectivity index (χ4v) is 6.99. The van der Waals surface area contributed by atoms with Crippen molar-refractivity contribution in [1.29, 1.82) is 0 Å². The second kappa shape index (κ2) is 12.8. The topological polar surface area (TPSA) is 133 Å². The molecule has 0 unspecified atom stereocenters. The Morgan fingerprint density at radius 1 is 1.00 bits per heavy atom. The summed E-state index contributed by atoms with van der Waals surface area (Å²) in [6, 6.07) is 15.2. The number of nitrogens with one attached hydrogen (secondary N) is 1. The molecule has 0 fully saturated rings. The molecule has 42 heavy (non-hydrogen) atoms. The van der Waals surface area contributed by atoms with Gasteiger partial charge < -0.3 is 14.7 Å². The Labute approximate surface area is 255 Å². The van der Waals surface area contributed by atoms with Gasteiger partial charge in [-0.25, -0.2) is 16.8 Å². The smallest absolute Gasteiger partial charge is 0.262 e. The first-order chi connectivity index (χ1) is 19.7. The highest BCUT2D eigenvalue weighted by Gasteiger charge is 2.36. The minimum atomic E-state index is -4.12. The quantitative estimate of drug-likeness (QED) is 0.350. The van der Waals surface area contributed by atoms with E-state index in [0.29, 0.717) is 10.0 Å². The number of anilines is 1. The number of rotatable bonds is 9. The molecule has 0 spiro atoms. The number of aliphatic hydroxyl groups excluding tert-OH is 1. The predicted molar refractivity (Wildman–Crippen MR) is 161 cm³/mol. The van der Waals surface area contributed by atoms with Gasteiger partial charge in [0.1, 0.15) is 6.10 Å². The molecule has 4 rings (SSSR count). The van der Waals surface area contributed by atoms with Crippen LogP contribution in [0.25, 0.3) is 0 Å². The van der Waals surface area contributed by atoms with Gasteiger partial charge >= 0.3 is 0 Å². The van der Waals surface area contributed by atoms with Crippen molar-refractivity contribution in [2.75, 3.05) is 31.5 Å². The lowest BCUT2D eigenvalue weighted by Gasteiger charge is -2.38. The molecule has 0 radical (unpaired) electrons. The largest absolute Gasteiger partial charge is 0.486 e. The summed E-state index contributed by atoms with van der Waals surface area (Å²) in [6.07, 6.45) is -0.821. The predicted octanol–water partition coefficient (Wildman–Crippen LogP) is 4.34. The van der Waals surface area contributed by atoms with Gasteiger partial charge in [0.2, 0.25) is 10.0 Å². The van der Waals surface area contributed by atoms with Crippen LogP contribution in [0.5, 0.6) is 5.75 Å². The van der Waals surface area contributed by atoms with Crippen molar-refractivity contribution in [3.05, 3.63) is 82.3 Å². The lowest BCUT2D eigenvalue weighted by molar-refractivity contribution is 0.0389. The molecular formula is C28H31Cl2N3O7S2. The maximum Gasteiger partial charge on any atom is 0.262 e. The van der Waals surface area contributed by atoms with Gasteiger partial charge in [-0.2, -0.15) is 4.31 Å². The molecule has 3 atom stereocenters. The summed E-state index contributed by atoms with van der Waals surface area (Å²) in [6.45, 7) is 3.20. The minimum Gasteiger partial charge on any atom is -0.486 e. The number of sulfonamides is 2. The lowest BCUT2D eigenvalue weighted by Crippen LogP contribution is -2.50. The number of fused-ring (bicyclic) bond motifs is 1. The molecule has 1 heterocycles. The number of likely N-dealkylation sites (N-methyl/N-ethyl adjacent to an activating group) is 1. The Bertz CT molecular complexity index is 1650. The van der Waals surface area contributed by atoms with Crippen LogP contribution in [0.2, 0.25) is 10.0 Å². The maximum atomic E-state index is 13.7. The molecule has 0 aliphatic carbocycles. The molecule has 0 saturated carbocycles. The SMILES string of the molecule is C[C@H]1CN([C@@H](C)CO)C(=O)c2cccc(NS(=O)(=O)c3ccc(Cl)cc3)c2O[C@H]1CN(C)S(=O)(=O)c1ccc(Cl)cc1. The third-order valence-corrected chi connectivity index (χ3v) is 10.7. The average Bonchev–Trinajstić information content (AvgIpc) is 2.95. The normalized spacial score (nSPS) is 18.5. The first-order valence-corrected chi connectivity index (χ1v) is 16.6. The van der Waals surface area contributed by atoms with Crippen LogP contribution >= 0.6 is 23.2 Å². The van der Waals surface area contributed by atoms with Crippen LogP contribution in [0, 0.1) is 5.92 Å². The van der Waals surface area contributed by atoms with Crippen LogP contribution in [0.1, 0.15) is 24.2 Å². The molecule has 1 aliphatic rings. The minimum absolute atomic E-state index is 0.00490. The summed E-state index contributed by atoms with van der Waals surface area (Å²) in [5, 5.41) is 10.6. The first kappa shape index (κ1) is 32.1. The standard InChI is InChI=1S/C28H31Cl2N3O7S2/c1-18-15-33(19(2)17-34)28(35)24-5-4-6-25(31-41(36,37)22-11-7-20(29)8-12-22)27(24)40-26(18)16-32(3)42(38,39)23-13-9-21(30)10-14-23/h4-14,18-19,26,31,34H,15-17H2,1-3H3/t18-,19-,26-/m0/s1. The number of carbonyl (C=O) groups excluding carboxylic acids is 1. The van der Waals surface area contributed by atoms with Crippen molar-refractivity contribution in [2.24, 2.45) is 5.92 Å². The van der Waals surface area contributed by atoms with E-state index in [1.807, 2.05) is 0 Å². The van der Waals surface area contributed by atoms with Crippen LogP contribution in [-0.4, -0.2) is 75.9 Å². The van der Waals surface area contributed by atoms with Gasteiger partial charge in [0.25, 0.3) is 15.9 Å². The van der Waals surface area contributed by atoms with Crippen molar-refractivity contribution in [3.8, 4) is 5.75 Å². The van der Waals surface area contributed by atoms with Crippen molar-refractivity contribution < 1.29 is 31.5 Å². The van der Waals surface area contributed by atoms with E-state index in [-0.39, 0.29) is 46.5 Å². The van der Waals surface area contributed by atoms with Crippen LogP contribution in [0.15, 0.2) is 76.5 Å². The van der Waals surface area contributed by atoms with Crippen molar-refractivity contribution in [3.63, 3.8) is 0 Å². The molecule has 10 nitrogen and oxygen atoms in total. The van der Waals surface area contributed by atoms with E-state index < -0.39 is 44.0 Å². The lowest BCUT2D eigenvalue weighted by atomic mass is 9.99. The van der Waals surface area contributed by atoms with Crippen molar-refractivity contribution in [1.82, 2.24) is 9.21 Å². The van der Waals surface area contributed by atoms with Crippen molar-refractivity contribution in [2.45, 2.75) is 35.8 Å². The number of ether oxygens (including phenoxy) is 1. The van der Waals surface area contributed by atoms with E-state index >= 15 is 0 Å². The Balaban J connectivity index is 1.76. The van der Waals surface area contributed by atoms with Gasteiger partial charge in [-0.1, -0.05) is 36.2 Å². The molecule has 3 aromatic carbocycles. The number of aliphatic hydroxyl groups is 1. The molecule has 2 N–H and O–H groups in total. The number of hydrogen-bond donors (Lipinski definition) is 2. The summed E-state index contributed by atoms with van der Waals surface area (Å²) in [4.78, 5) is 15.1. The van der Waals surface area contributed by atoms with Gasteiger partial charge in [-0.05, 0) is 67.6 Å². The van der Waals surface area contributed by atoms with E-state index in [4.69, 9.17) is 27.9 Å². The van der Waals surface area contributed by atoms with E-state index in [1.54, 1.807) is 13.8 Å². The van der Waals surface area contributed by atoms with E-state index in [2.05, 4.69) is 4.72 Å². The number of hydrogen-bond acceptors (Lipinski definition) is 7. The number of nitrogens with zero attached hydrogens (tertiary/aromatic N) is 2. The van der Waals surface area contributed by atoms with Crippen LogP contribution in [0.4, 0.5) is 5.69 Å². The summed E-state index contributed by atoms with van der Waals surface area (Å²) >= 11 is 11.9. The third-order valence-electron chi connectivity index (χ3n) is 7.02. The molecule has 0 bridgehead atoms. The highest BCUT2D eigenvalue weighted by Crippen LogP contribution is 2.36. The van der Waals surface area contributed by atoms with Gasteiger partial charge in [-0.3, -0.25) is 9.52 Å². The Hall–Kier alpha value is -2.87. The maximum absolute atomic E-state index is 13.7. The summed E-state index contributed by atoms with van der Waals surface area (Å²) in [5.41, 5.74) is 0.0569. The zero-order valence-corrected chi connectivity index (χ0v) is 26.2. The first-order valence-electron chi connectivity index (χ1n) is 13.0. The molecule has 1 amide bonds. The number of halogens is 2. The van der Waals surface area contributed by atoms with E-state index in [0.717, 1.165) is 4.31 Å². The monoisotopic (exact) mass is 655 g/mol. The highest BCUT2D eigenvalue weighted by atomic mass is 35.5. The fraction of sp³-hybridized carbons (Fsp3) is 0.321. The Morgan fingerprint density at radius 3 is 2.14 bits per heavy atom. The highest BCUT2D eigenvalue weighted by molar-refractivity contribution is 7.92. The molecule has 3 aromatic rings. The number of carbonyl (C=O) groups is 1. The second-order valence-corrected chi connectivity index (χ2v) is 14.7. The number of benzene rings is 3. The number of amides is 1. The number of para-hydroxylation sites is 1. The fourth-order valence-electron chi connectivity index (χ4n) is 4.50. The van der Waals surface area contributed by atoms with Crippen LogP contribution < -0.4 is 9.46 Å². The van der Waals surface area contributed by atoms with Crippen molar-refractivity contribution >= 4 is 54.8 Å². The zero-order valence-electron chi connectivity index (χ0n) is 23.1. The average molecular weight is 657 g/mol. The third kappa shape index (κ3) is 6.85. The van der Waals surface area contributed by atoms with E-state index in [1.165, 1.54) is 78.7 Å². The Morgan fingerprint density at radius 2 is 1.57 bits per heavy atom. The van der Waals surface area contributed by atoms with Crippen LogP contribution in [-0.2, 0) is 20.0 Å². The van der Waals surface area contributed by atoms with E-state index in [9.17, 15) is 26.7 Å².